The molecule has 0 aliphatic carbocycles. The molecule has 1 heterocycles. The summed E-state index contributed by atoms with van der Waals surface area (Å²) in [5.41, 5.74) is 6.07. The van der Waals surface area contributed by atoms with Crippen LogP contribution in [0, 0.1) is 0 Å². The summed E-state index contributed by atoms with van der Waals surface area (Å²) in [4.78, 5) is 14.0. The minimum Gasteiger partial charge on any atom is -0.493 e. The van der Waals surface area contributed by atoms with Crippen molar-refractivity contribution in [3.8, 4) is 5.75 Å². The van der Waals surface area contributed by atoms with Crippen molar-refractivity contribution in [2.24, 2.45) is 5.73 Å². The van der Waals surface area contributed by atoms with Gasteiger partial charge in [0.1, 0.15) is 5.69 Å². The van der Waals surface area contributed by atoms with Crippen LogP contribution in [0.15, 0.2) is 6.20 Å². The number of ketones is 1. The van der Waals surface area contributed by atoms with Crippen LogP contribution >= 0.6 is 0 Å². The molecule has 0 aromatic carbocycles. The van der Waals surface area contributed by atoms with Gasteiger partial charge < -0.3 is 15.4 Å². The highest BCUT2D eigenvalue weighted by Crippen LogP contribution is 2.18. The van der Waals surface area contributed by atoms with E-state index in [1.807, 2.05) is 19.0 Å². The minimum atomic E-state index is -0.557. The first-order valence-corrected chi connectivity index (χ1v) is 5.51. The third-order valence-electron chi connectivity index (χ3n) is 2.43. The lowest BCUT2D eigenvalue weighted by Gasteiger charge is -2.13. The first-order chi connectivity index (χ1) is 7.97. The number of ether oxygens (including phenoxy) is 1. The predicted molar refractivity (Wildman–Crippen MR) is 65.3 cm³/mol. The Morgan fingerprint density at radius 2 is 2.29 bits per heavy atom. The molecular formula is C11H20N4O2. The largest absolute Gasteiger partial charge is 0.493 e. The van der Waals surface area contributed by atoms with Gasteiger partial charge >= 0.3 is 0 Å². The second-order valence-corrected chi connectivity index (χ2v) is 4.24. The third kappa shape index (κ3) is 3.28. The van der Waals surface area contributed by atoms with Crippen LogP contribution in [0.4, 0.5) is 0 Å². The van der Waals surface area contributed by atoms with Gasteiger partial charge in [-0.15, -0.1) is 0 Å². The molecule has 0 aliphatic heterocycles. The maximum atomic E-state index is 12.0. The number of hydrogen-bond acceptors (Lipinski definition) is 5. The van der Waals surface area contributed by atoms with E-state index in [-0.39, 0.29) is 5.78 Å². The lowest BCUT2D eigenvalue weighted by atomic mass is 10.1. The molecule has 2 N–H and O–H groups in total. The van der Waals surface area contributed by atoms with E-state index in [9.17, 15) is 4.79 Å². The summed E-state index contributed by atoms with van der Waals surface area (Å²) >= 11 is 0. The van der Waals surface area contributed by atoms with Crippen LogP contribution in [0.3, 0.4) is 0 Å². The van der Waals surface area contributed by atoms with Crippen molar-refractivity contribution < 1.29 is 9.53 Å². The van der Waals surface area contributed by atoms with Gasteiger partial charge in [0.05, 0.1) is 25.9 Å². The number of carbonyl (C=O) groups excluding carboxylic acids is 1. The van der Waals surface area contributed by atoms with E-state index >= 15 is 0 Å². The molecular weight excluding hydrogens is 220 g/mol. The Balaban J connectivity index is 2.97. The fourth-order valence-corrected chi connectivity index (χ4v) is 1.45. The normalized spacial score (nSPS) is 12.8. The zero-order chi connectivity index (χ0) is 13.0. The first kappa shape index (κ1) is 13.7. The molecule has 0 fully saturated rings. The fourth-order valence-electron chi connectivity index (χ4n) is 1.45. The Hall–Kier alpha value is -1.40. The summed E-state index contributed by atoms with van der Waals surface area (Å²) in [5.74, 6) is 0.323. The lowest BCUT2D eigenvalue weighted by molar-refractivity contribution is 0.0953. The average molecular weight is 240 g/mol. The fraction of sp³-hybridized carbons (Fsp3) is 0.636. The topological polar surface area (TPSA) is 73.4 Å². The molecule has 0 spiro atoms. The van der Waals surface area contributed by atoms with Crippen LogP contribution in [0.25, 0.3) is 0 Å². The van der Waals surface area contributed by atoms with E-state index in [0.29, 0.717) is 18.0 Å². The maximum Gasteiger partial charge on any atom is 0.201 e. The number of nitrogens with zero attached hydrogens (tertiary/aromatic N) is 3. The van der Waals surface area contributed by atoms with Gasteiger partial charge in [0, 0.05) is 6.54 Å². The molecule has 1 atom stereocenters. The second kappa shape index (κ2) is 5.79. The van der Waals surface area contributed by atoms with Crippen molar-refractivity contribution in [2.45, 2.75) is 19.5 Å². The molecule has 1 aromatic heterocycles. The highest BCUT2D eigenvalue weighted by molar-refractivity contribution is 6.00. The lowest BCUT2D eigenvalue weighted by Crippen LogP contribution is -2.30. The monoisotopic (exact) mass is 240 g/mol. The van der Waals surface area contributed by atoms with Crippen molar-refractivity contribution in [1.29, 1.82) is 0 Å². The van der Waals surface area contributed by atoms with Crippen LogP contribution < -0.4 is 10.5 Å². The van der Waals surface area contributed by atoms with Gasteiger partial charge in [-0.1, -0.05) is 0 Å². The zero-order valence-corrected chi connectivity index (χ0v) is 10.8. The number of likely N-dealkylation sites (N-methyl/N-ethyl adjacent to an activating group) is 1. The molecule has 96 valence electrons. The summed E-state index contributed by atoms with van der Waals surface area (Å²) in [7, 11) is 5.45. The highest BCUT2D eigenvalue weighted by atomic mass is 16.5. The van der Waals surface area contributed by atoms with E-state index in [2.05, 4.69) is 5.10 Å². The molecule has 0 radical (unpaired) electrons. The van der Waals surface area contributed by atoms with Crippen molar-refractivity contribution in [2.75, 3.05) is 27.7 Å². The predicted octanol–water partition coefficient (Wildman–Crippen LogP) is -0.0168. The number of nitrogens with two attached hydrogens (primary N) is 1. The Morgan fingerprint density at radius 1 is 1.65 bits per heavy atom. The van der Waals surface area contributed by atoms with Gasteiger partial charge in [-0.3, -0.25) is 9.48 Å². The number of Topliss-reactive ketones (excluding diaryl/α,β-unsaturated/α-hetero) is 1. The number of methoxy groups -OCH3 is 1. The molecule has 0 saturated carbocycles. The Bertz CT molecular complexity index is 385. The van der Waals surface area contributed by atoms with E-state index in [4.69, 9.17) is 10.5 Å². The van der Waals surface area contributed by atoms with Crippen LogP contribution in [-0.2, 0) is 6.54 Å². The summed E-state index contributed by atoms with van der Waals surface area (Å²) in [6, 6.07) is -0.557. The Kier molecular flexibility index (Phi) is 4.65. The van der Waals surface area contributed by atoms with Gasteiger partial charge in [-0.2, -0.15) is 5.10 Å². The van der Waals surface area contributed by atoms with Gasteiger partial charge in [-0.05, 0) is 21.0 Å². The van der Waals surface area contributed by atoms with Crippen LogP contribution in [0.5, 0.6) is 5.75 Å². The summed E-state index contributed by atoms with van der Waals surface area (Å²) in [6.07, 6.45) is 1.55. The first-order valence-electron chi connectivity index (χ1n) is 5.51. The molecule has 0 amide bonds. The standard InChI is InChI=1S/C11H20N4O2/c1-8(12)11(16)10-9(17-4)7-13-15(10)6-5-14(2)3/h7-8H,5-6,12H2,1-4H3. The van der Waals surface area contributed by atoms with Crippen LogP contribution in [0.2, 0.25) is 0 Å². The van der Waals surface area contributed by atoms with Crippen molar-refractivity contribution in [3.63, 3.8) is 0 Å². The molecule has 6 heteroatoms. The van der Waals surface area contributed by atoms with Crippen molar-refractivity contribution in [3.05, 3.63) is 11.9 Å². The number of carbonyl (C=O) groups is 1. The summed E-state index contributed by atoms with van der Waals surface area (Å²) < 4.78 is 6.77. The van der Waals surface area contributed by atoms with E-state index in [0.717, 1.165) is 6.54 Å². The molecule has 1 unspecified atom stereocenters. The molecule has 0 bridgehead atoms. The molecule has 6 nitrogen and oxygen atoms in total. The van der Waals surface area contributed by atoms with E-state index in [1.165, 1.54) is 7.11 Å². The third-order valence-corrected chi connectivity index (χ3v) is 2.43. The molecule has 17 heavy (non-hydrogen) atoms. The van der Waals surface area contributed by atoms with Crippen LogP contribution in [0.1, 0.15) is 17.4 Å². The van der Waals surface area contributed by atoms with E-state index in [1.54, 1.807) is 17.8 Å². The zero-order valence-electron chi connectivity index (χ0n) is 10.8. The minimum absolute atomic E-state index is 0.155. The quantitative estimate of drug-likeness (QED) is 0.708. The molecule has 0 saturated heterocycles. The molecule has 0 aliphatic rings. The van der Waals surface area contributed by atoms with Crippen molar-refractivity contribution >= 4 is 5.78 Å². The van der Waals surface area contributed by atoms with Gasteiger partial charge in [0.2, 0.25) is 5.78 Å². The smallest absolute Gasteiger partial charge is 0.201 e. The van der Waals surface area contributed by atoms with E-state index < -0.39 is 6.04 Å². The maximum absolute atomic E-state index is 12.0. The molecule has 1 aromatic rings. The van der Waals surface area contributed by atoms with Crippen molar-refractivity contribution in [1.82, 2.24) is 14.7 Å². The SMILES string of the molecule is COc1cnn(CCN(C)C)c1C(=O)C(C)N. The highest BCUT2D eigenvalue weighted by Gasteiger charge is 2.22. The van der Waals surface area contributed by atoms with Gasteiger partial charge in [0.25, 0.3) is 0 Å². The number of hydrogen-bond donors (Lipinski definition) is 1. The Labute approximate surface area is 101 Å². The van der Waals surface area contributed by atoms with Crippen LogP contribution in [-0.4, -0.2) is 54.3 Å². The average Bonchev–Trinajstić information content (AvgIpc) is 2.67. The summed E-state index contributed by atoms with van der Waals surface area (Å²) in [5, 5.41) is 4.15. The number of aromatic nitrogens is 2. The molecule has 1 rings (SSSR count). The van der Waals surface area contributed by atoms with Gasteiger partial charge in [-0.25, -0.2) is 0 Å². The number of rotatable bonds is 6. The summed E-state index contributed by atoms with van der Waals surface area (Å²) in [6.45, 7) is 3.08. The second-order valence-electron chi connectivity index (χ2n) is 4.24. The Morgan fingerprint density at radius 3 is 2.76 bits per heavy atom. The van der Waals surface area contributed by atoms with Gasteiger partial charge in [0.15, 0.2) is 5.75 Å².